The van der Waals surface area contributed by atoms with E-state index in [1.807, 2.05) is 36.6 Å². The highest BCUT2D eigenvalue weighted by Crippen LogP contribution is 2.34. The molecule has 1 aliphatic rings. The van der Waals surface area contributed by atoms with Crippen LogP contribution in [0.2, 0.25) is 0 Å². The van der Waals surface area contributed by atoms with Crippen molar-refractivity contribution in [2.24, 2.45) is 0 Å². The third-order valence-electron chi connectivity index (χ3n) is 4.04. The molecule has 2 aromatic heterocycles. The Bertz CT molecular complexity index is 886. The number of nitrogens with one attached hydrogen (secondary N) is 1. The molecule has 4 rings (SSSR count). The van der Waals surface area contributed by atoms with Crippen molar-refractivity contribution in [3.05, 3.63) is 57.6 Å². The van der Waals surface area contributed by atoms with E-state index in [0.717, 1.165) is 22.0 Å². The predicted molar refractivity (Wildman–Crippen MR) is 90.1 cm³/mol. The van der Waals surface area contributed by atoms with Gasteiger partial charge in [0, 0.05) is 29.8 Å². The first kappa shape index (κ1) is 15.0. The molecule has 0 saturated heterocycles. The first-order chi connectivity index (χ1) is 11.7. The van der Waals surface area contributed by atoms with Gasteiger partial charge in [-0.3, -0.25) is 4.79 Å². The molecule has 122 valence electrons. The number of para-hydroxylation sites is 1. The number of carbonyl (C=O) groups is 1. The molecular weight excluding hydrogens is 324 g/mol. The molecule has 1 amide bonds. The zero-order valence-electron chi connectivity index (χ0n) is 13.2. The van der Waals surface area contributed by atoms with E-state index in [0.29, 0.717) is 31.0 Å². The summed E-state index contributed by atoms with van der Waals surface area (Å²) in [5, 5.41) is 9.98. The molecule has 1 aromatic carbocycles. The molecule has 0 fully saturated rings. The maximum atomic E-state index is 11.9. The number of benzene rings is 1. The second-order valence-corrected chi connectivity index (χ2v) is 6.94. The van der Waals surface area contributed by atoms with E-state index in [-0.39, 0.29) is 11.8 Å². The molecule has 7 heteroatoms. The number of carbonyl (C=O) groups excluding carboxylic acids is 1. The summed E-state index contributed by atoms with van der Waals surface area (Å²) in [4.78, 5) is 20.8. The fourth-order valence-electron chi connectivity index (χ4n) is 2.99. The molecule has 0 spiro atoms. The van der Waals surface area contributed by atoms with Crippen molar-refractivity contribution < 1.29 is 9.32 Å². The van der Waals surface area contributed by atoms with Crippen LogP contribution in [0.3, 0.4) is 0 Å². The molecule has 3 heterocycles. The predicted octanol–water partition coefficient (Wildman–Crippen LogP) is 3.09. The Morgan fingerprint density at radius 2 is 2.21 bits per heavy atom. The number of anilines is 1. The fraction of sp³-hybridized carbons (Fsp3) is 0.294. The van der Waals surface area contributed by atoms with Crippen molar-refractivity contribution in [1.82, 2.24) is 15.1 Å². The van der Waals surface area contributed by atoms with Gasteiger partial charge in [-0.15, -0.1) is 11.3 Å². The zero-order chi connectivity index (χ0) is 16.5. The van der Waals surface area contributed by atoms with Crippen LogP contribution < -0.4 is 5.32 Å². The molecule has 0 bridgehead atoms. The summed E-state index contributed by atoms with van der Waals surface area (Å²) in [5.74, 6) is 1.27. The number of aryl methyl sites for hydroxylation is 1. The lowest BCUT2D eigenvalue weighted by Gasteiger charge is -2.24. The van der Waals surface area contributed by atoms with E-state index in [1.54, 1.807) is 11.3 Å². The first-order valence-corrected chi connectivity index (χ1v) is 8.66. The molecule has 1 N–H and O–H groups in total. The van der Waals surface area contributed by atoms with Gasteiger partial charge in [-0.25, -0.2) is 4.98 Å². The topological polar surface area (TPSA) is 80.9 Å². The largest absolute Gasteiger partial charge is 0.339 e. The zero-order valence-corrected chi connectivity index (χ0v) is 14.0. The highest BCUT2D eigenvalue weighted by atomic mass is 32.1. The van der Waals surface area contributed by atoms with Crippen molar-refractivity contribution in [2.75, 3.05) is 5.32 Å². The standard InChI is InChI=1S/C17H16N4O2S/c1-10-18-12(9-24-10)8-15-20-17(23-21-15)7-11-6-16(22)19-14-5-3-2-4-13(11)14/h2-5,9,11H,6-8H2,1H3,(H,19,22). The lowest BCUT2D eigenvalue weighted by Crippen LogP contribution is -2.24. The summed E-state index contributed by atoms with van der Waals surface area (Å²) in [7, 11) is 0. The SMILES string of the molecule is Cc1nc(Cc2noc(CC3CC(=O)Nc4ccccc43)n2)cs1. The minimum atomic E-state index is 0.0244. The Hall–Kier alpha value is -2.54. The number of fused-ring (bicyclic) bond motifs is 1. The Morgan fingerprint density at radius 3 is 3.04 bits per heavy atom. The summed E-state index contributed by atoms with van der Waals surface area (Å²) in [6.07, 6.45) is 1.56. The van der Waals surface area contributed by atoms with Crippen LogP contribution in [-0.4, -0.2) is 21.0 Å². The van der Waals surface area contributed by atoms with Gasteiger partial charge in [0.15, 0.2) is 5.82 Å². The number of amides is 1. The number of nitrogens with zero attached hydrogens (tertiary/aromatic N) is 3. The van der Waals surface area contributed by atoms with E-state index >= 15 is 0 Å². The second-order valence-electron chi connectivity index (χ2n) is 5.88. The van der Waals surface area contributed by atoms with E-state index in [1.165, 1.54) is 0 Å². The van der Waals surface area contributed by atoms with Gasteiger partial charge in [0.2, 0.25) is 11.8 Å². The Labute approximate surface area is 142 Å². The normalized spacial score (nSPS) is 16.7. The molecule has 0 radical (unpaired) electrons. The van der Waals surface area contributed by atoms with E-state index in [2.05, 4.69) is 20.4 Å². The van der Waals surface area contributed by atoms with Crippen molar-refractivity contribution in [2.45, 2.75) is 32.1 Å². The van der Waals surface area contributed by atoms with Crippen LogP contribution in [0.1, 0.15) is 40.3 Å². The highest BCUT2D eigenvalue weighted by Gasteiger charge is 2.26. The summed E-state index contributed by atoms with van der Waals surface area (Å²) >= 11 is 1.61. The first-order valence-electron chi connectivity index (χ1n) is 7.78. The van der Waals surface area contributed by atoms with Crippen molar-refractivity contribution in [3.8, 4) is 0 Å². The molecule has 24 heavy (non-hydrogen) atoms. The average Bonchev–Trinajstić information content (AvgIpc) is 3.16. The van der Waals surface area contributed by atoms with Crippen LogP contribution in [0.5, 0.6) is 0 Å². The van der Waals surface area contributed by atoms with E-state index < -0.39 is 0 Å². The smallest absolute Gasteiger partial charge is 0.227 e. The number of hydrogen-bond donors (Lipinski definition) is 1. The van der Waals surface area contributed by atoms with Gasteiger partial charge in [0.05, 0.1) is 17.1 Å². The average molecular weight is 340 g/mol. The van der Waals surface area contributed by atoms with Crippen molar-refractivity contribution in [1.29, 1.82) is 0 Å². The molecule has 1 aliphatic heterocycles. The van der Waals surface area contributed by atoms with Crippen LogP contribution >= 0.6 is 11.3 Å². The summed E-state index contributed by atoms with van der Waals surface area (Å²) in [6, 6.07) is 7.85. The van der Waals surface area contributed by atoms with E-state index in [9.17, 15) is 4.79 Å². The van der Waals surface area contributed by atoms with Gasteiger partial charge in [-0.2, -0.15) is 4.98 Å². The van der Waals surface area contributed by atoms with Gasteiger partial charge in [0.1, 0.15) is 0 Å². The summed E-state index contributed by atoms with van der Waals surface area (Å²) in [5.41, 5.74) is 2.94. The Kier molecular flexibility index (Phi) is 3.86. The second kappa shape index (κ2) is 6.16. The Morgan fingerprint density at radius 1 is 1.33 bits per heavy atom. The maximum absolute atomic E-state index is 11.9. The third-order valence-corrected chi connectivity index (χ3v) is 4.87. The van der Waals surface area contributed by atoms with Crippen LogP contribution in [0.25, 0.3) is 0 Å². The van der Waals surface area contributed by atoms with Crippen LogP contribution in [0.15, 0.2) is 34.2 Å². The molecule has 0 aliphatic carbocycles. The lowest BCUT2D eigenvalue weighted by atomic mass is 9.88. The van der Waals surface area contributed by atoms with Crippen molar-refractivity contribution >= 4 is 22.9 Å². The quantitative estimate of drug-likeness (QED) is 0.789. The van der Waals surface area contributed by atoms with Gasteiger partial charge in [-0.05, 0) is 18.6 Å². The molecular formula is C17H16N4O2S. The van der Waals surface area contributed by atoms with E-state index in [4.69, 9.17) is 4.52 Å². The molecule has 1 unspecified atom stereocenters. The Balaban J connectivity index is 1.51. The minimum Gasteiger partial charge on any atom is -0.339 e. The molecule has 0 saturated carbocycles. The maximum Gasteiger partial charge on any atom is 0.227 e. The third kappa shape index (κ3) is 3.07. The minimum absolute atomic E-state index is 0.0244. The van der Waals surface area contributed by atoms with Crippen LogP contribution in [0.4, 0.5) is 5.69 Å². The van der Waals surface area contributed by atoms with Gasteiger partial charge in [-0.1, -0.05) is 23.4 Å². The summed E-state index contributed by atoms with van der Waals surface area (Å²) < 4.78 is 5.38. The monoisotopic (exact) mass is 340 g/mol. The molecule has 6 nitrogen and oxygen atoms in total. The lowest BCUT2D eigenvalue weighted by molar-refractivity contribution is -0.116. The number of thiazole rings is 1. The fourth-order valence-corrected chi connectivity index (χ4v) is 3.60. The van der Waals surface area contributed by atoms with Gasteiger partial charge >= 0.3 is 0 Å². The van der Waals surface area contributed by atoms with Gasteiger partial charge in [0.25, 0.3) is 0 Å². The van der Waals surface area contributed by atoms with Crippen LogP contribution in [0, 0.1) is 6.92 Å². The number of hydrogen-bond acceptors (Lipinski definition) is 6. The highest BCUT2D eigenvalue weighted by molar-refractivity contribution is 7.09. The van der Waals surface area contributed by atoms with Gasteiger partial charge < -0.3 is 9.84 Å². The number of aromatic nitrogens is 3. The molecule has 1 atom stereocenters. The number of rotatable bonds is 4. The summed E-state index contributed by atoms with van der Waals surface area (Å²) in [6.45, 7) is 1.97. The van der Waals surface area contributed by atoms with Crippen molar-refractivity contribution in [3.63, 3.8) is 0 Å². The molecule has 3 aromatic rings. The van der Waals surface area contributed by atoms with Crippen LogP contribution in [-0.2, 0) is 17.6 Å².